The third-order valence-corrected chi connectivity index (χ3v) is 2.78. The molecule has 0 spiro atoms. The third kappa shape index (κ3) is 2.48. The van der Waals surface area contributed by atoms with Crippen LogP contribution in [0.15, 0.2) is 18.3 Å². The van der Waals surface area contributed by atoms with E-state index in [1.165, 1.54) is 0 Å². The lowest BCUT2D eigenvalue weighted by atomic mass is 10.2. The Morgan fingerprint density at radius 2 is 2.47 bits per heavy atom. The van der Waals surface area contributed by atoms with Crippen molar-refractivity contribution in [2.75, 3.05) is 6.54 Å². The molecule has 0 aromatic carbocycles. The largest absolute Gasteiger partial charge is 0.335 e. The molecule has 0 saturated carbocycles. The van der Waals surface area contributed by atoms with Crippen LogP contribution in [0, 0.1) is 6.92 Å². The second-order valence-corrected chi connectivity index (χ2v) is 4.52. The van der Waals surface area contributed by atoms with Crippen molar-refractivity contribution in [2.24, 2.45) is 0 Å². The van der Waals surface area contributed by atoms with E-state index in [9.17, 15) is 4.79 Å². The lowest BCUT2D eigenvalue weighted by Gasteiger charge is -2.15. The molecule has 1 unspecified atom stereocenters. The Morgan fingerprint density at radius 1 is 1.67 bits per heavy atom. The highest BCUT2D eigenvalue weighted by atomic mass is 35.5. The van der Waals surface area contributed by atoms with E-state index < -0.39 is 0 Å². The third-order valence-electron chi connectivity index (χ3n) is 2.49. The molecule has 1 atom stereocenters. The summed E-state index contributed by atoms with van der Waals surface area (Å²) in [6.07, 6.45) is 2.22. The summed E-state index contributed by atoms with van der Waals surface area (Å²) in [5.41, 5.74) is 2.09. The molecule has 1 saturated heterocycles. The van der Waals surface area contributed by atoms with Gasteiger partial charge in [0.25, 0.3) is 0 Å². The van der Waals surface area contributed by atoms with Gasteiger partial charge in [-0.2, -0.15) is 0 Å². The molecule has 1 aromatic rings. The maximum atomic E-state index is 11.5. The normalized spacial score (nSPS) is 21.1. The van der Waals surface area contributed by atoms with Gasteiger partial charge >= 0.3 is 0 Å². The molecule has 0 N–H and O–H groups in total. The fourth-order valence-corrected chi connectivity index (χ4v) is 2.06. The van der Waals surface area contributed by atoms with Crippen molar-refractivity contribution in [1.29, 1.82) is 0 Å². The first-order valence-electron chi connectivity index (χ1n) is 4.98. The average Bonchev–Trinajstić information content (AvgIpc) is 2.45. The number of aromatic nitrogens is 1. The summed E-state index contributed by atoms with van der Waals surface area (Å²) in [4.78, 5) is 17.5. The van der Waals surface area contributed by atoms with Gasteiger partial charge in [0.1, 0.15) is 0 Å². The van der Waals surface area contributed by atoms with Gasteiger partial charge in [0.2, 0.25) is 5.91 Å². The van der Waals surface area contributed by atoms with Crippen LogP contribution in [0.1, 0.15) is 17.7 Å². The zero-order valence-electron chi connectivity index (χ0n) is 8.61. The summed E-state index contributed by atoms with van der Waals surface area (Å²) >= 11 is 5.92. The SMILES string of the molecule is Cc1ccnc(CN2CC(Cl)CC2=O)c1. The maximum absolute atomic E-state index is 11.5. The molecule has 3 nitrogen and oxygen atoms in total. The first-order valence-corrected chi connectivity index (χ1v) is 5.42. The fourth-order valence-electron chi connectivity index (χ4n) is 1.76. The number of pyridine rings is 1. The number of hydrogen-bond acceptors (Lipinski definition) is 2. The van der Waals surface area contributed by atoms with E-state index >= 15 is 0 Å². The average molecular weight is 225 g/mol. The first kappa shape index (κ1) is 10.4. The summed E-state index contributed by atoms with van der Waals surface area (Å²) in [6.45, 7) is 3.22. The molecule has 80 valence electrons. The maximum Gasteiger partial charge on any atom is 0.224 e. The van der Waals surface area contributed by atoms with E-state index in [0.717, 1.165) is 11.3 Å². The summed E-state index contributed by atoms with van der Waals surface area (Å²) in [5, 5.41) is -0.0395. The number of nitrogens with zero attached hydrogens (tertiary/aromatic N) is 2. The Balaban J connectivity index is 2.06. The molecular formula is C11H13ClN2O. The highest BCUT2D eigenvalue weighted by Crippen LogP contribution is 2.18. The molecule has 15 heavy (non-hydrogen) atoms. The molecular weight excluding hydrogens is 212 g/mol. The van der Waals surface area contributed by atoms with Gasteiger partial charge in [-0.05, 0) is 24.6 Å². The first-order chi connectivity index (χ1) is 7.15. The molecule has 0 bridgehead atoms. The molecule has 2 heterocycles. The van der Waals surface area contributed by atoms with Crippen LogP contribution in [0.3, 0.4) is 0 Å². The highest BCUT2D eigenvalue weighted by molar-refractivity contribution is 6.22. The molecule has 1 amide bonds. The molecule has 0 aliphatic carbocycles. The van der Waals surface area contributed by atoms with Crippen molar-refractivity contribution < 1.29 is 4.79 Å². The number of hydrogen-bond donors (Lipinski definition) is 0. The summed E-state index contributed by atoms with van der Waals surface area (Å²) in [5.74, 6) is 0.123. The van der Waals surface area contributed by atoms with Crippen molar-refractivity contribution in [3.63, 3.8) is 0 Å². The smallest absolute Gasteiger partial charge is 0.224 e. The number of rotatable bonds is 2. The van der Waals surface area contributed by atoms with E-state index in [2.05, 4.69) is 4.98 Å². The van der Waals surface area contributed by atoms with E-state index in [0.29, 0.717) is 19.5 Å². The molecule has 1 aliphatic rings. The van der Waals surface area contributed by atoms with Crippen molar-refractivity contribution >= 4 is 17.5 Å². The number of likely N-dealkylation sites (tertiary alicyclic amines) is 1. The topological polar surface area (TPSA) is 33.2 Å². The van der Waals surface area contributed by atoms with Crippen LogP contribution in [0.2, 0.25) is 0 Å². The van der Waals surface area contributed by atoms with Crippen LogP contribution in [-0.2, 0) is 11.3 Å². The Morgan fingerprint density at radius 3 is 3.07 bits per heavy atom. The van der Waals surface area contributed by atoms with Crippen LogP contribution in [0.5, 0.6) is 0 Å². The Bertz CT molecular complexity index is 381. The van der Waals surface area contributed by atoms with Gasteiger partial charge in [0, 0.05) is 19.2 Å². The molecule has 0 radical (unpaired) electrons. The van der Waals surface area contributed by atoms with Crippen LogP contribution < -0.4 is 0 Å². The zero-order chi connectivity index (χ0) is 10.8. The second kappa shape index (κ2) is 4.19. The van der Waals surface area contributed by atoms with Crippen molar-refractivity contribution in [1.82, 2.24) is 9.88 Å². The lowest BCUT2D eigenvalue weighted by Crippen LogP contribution is -2.25. The van der Waals surface area contributed by atoms with E-state index in [1.54, 1.807) is 11.1 Å². The van der Waals surface area contributed by atoms with E-state index in [-0.39, 0.29) is 11.3 Å². The molecule has 2 rings (SSSR count). The van der Waals surface area contributed by atoms with Gasteiger partial charge in [-0.15, -0.1) is 11.6 Å². The van der Waals surface area contributed by atoms with Crippen LogP contribution >= 0.6 is 11.6 Å². The van der Waals surface area contributed by atoms with Crippen LogP contribution in [0.25, 0.3) is 0 Å². The number of halogens is 1. The van der Waals surface area contributed by atoms with Gasteiger partial charge in [0.15, 0.2) is 0 Å². The highest BCUT2D eigenvalue weighted by Gasteiger charge is 2.27. The van der Waals surface area contributed by atoms with Crippen molar-refractivity contribution in [3.8, 4) is 0 Å². The summed E-state index contributed by atoms with van der Waals surface area (Å²) < 4.78 is 0. The molecule has 4 heteroatoms. The fraction of sp³-hybridized carbons (Fsp3) is 0.455. The Labute approximate surface area is 94.1 Å². The quantitative estimate of drug-likeness (QED) is 0.717. The minimum absolute atomic E-state index is 0.0395. The monoisotopic (exact) mass is 224 g/mol. The number of aryl methyl sites for hydroxylation is 1. The van der Waals surface area contributed by atoms with Crippen molar-refractivity contribution in [2.45, 2.75) is 25.3 Å². The van der Waals surface area contributed by atoms with Gasteiger partial charge in [-0.25, -0.2) is 0 Å². The predicted molar refractivity (Wildman–Crippen MR) is 58.6 cm³/mol. The number of carbonyl (C=O) groups excluding carboxylic acids is 1. The van der Waals surface area contributed by atoms with Gasteiger partial charge in [-0.1, -0.05) is 0 Å². The minimum atomic E-state index is -0.0395. The minimum Gasteiger partial charge on any atom is -0.335 e. The standard InChI is InChI=1S/C11H13ClN2O/c1-8-2-3-13-10(4-8)7-14-6-9(12)5-11(14)15/h2-4,9H,5-7H2,1H3. The number of carbonyl (C=O) groups is 1. The lowest BCUT2D eigenvalue weighted by molar-refractivity contribution is -0.128. The second-order valence-electron chi connectivity index (χ2n) is 3.90. The molecule has 1 aliphatic heterocycles. The Kier molecular flexibility index (Phi) is 2.91. The van der Waals surface area contributed by atoms with Crippen LogP contribution in [-0.4, -0.2) is 27.7 Å². The molecule has 1 aromatic heterocycles. The van der Waals surface area contributed by atoms with Crippen LogP contribution in [0.4, 0.5) is 0 Å². The number of amides is 1. The molecule has 1 fully saturated rings. The van der Waals surface area contributed by atoms with Gasteiger partial charge in [0.05, 0.1) is 17.6 Å². The zero-order valence-corrected chi connectivity index (χ0v) is 9.37. The van der Waals surface area contributed by atoms with Gasteiger partial charge < -0.3 is 4.90 Å². The van der Waals surface area contributed by atoms with E-state index in [1.807, 2.05) is 19.1 Å². The number of alkyl halides is 1. The van der Waals surface area contributed by atoms with Gasteiger partial charge in [-0.3, -0.25) is 9.78 Å². The van der Waals surface area contributed by atoms with E-state index in [4.69, 9.17) is 11.6 Å². The predicted octanol–water partition coefficient (Wildman–Crippen LogP) is 1.73. The van der Waals surface area contributed by atoms with Crippen molar-refractivity contribution in [3.05, 3.63) is 29.6 Å². The Hall–Kier alpha value is -1.09. The summed E-state index contributed by atoms with van der Waals surface area (Å²) in [6, 6.07) is 3.94. The summed E-state index contributed by atoms with van der Waals surface area (Å²) in [7, 11) is 0.